The number of carbonyl (C=O) groups is 2. The van der Waals surface area contributed by atoms with Gasteiger partial charge in [-0.15, -0.1) is 5.10 Å². The van der Waals surface area contributed by atoms with Crippen LogP contribution < -0.4 is 10.6 Å². The summed E-state index contributed by atoms with van der Waals surface area (Å²) in [5.74, 6) is -0.114. The maximum Gasteiger partial charge on any atom is 0.251 e. The summed E-state index contributed by atoms with van der Waals surface area (Å²) in [6.45, 7) is 3.72. The molecular formula is C28H34FN7O2. The summed E-state index contributed by atoms with van der Waals surface area (Å²) >= 11 is 0. The van der Waals surface area contributed by atoms with Crippen molar-refractivity contribution in [3.05, 3.63) is 77.9 Å². The van der Waals surface area contributed by atoms with E-state index in [4.69, 9.17) is 0 Å². The van der Waals surface area contributed by atoms with Crippen molar-refractivity contribution < 1.29 is 14.0 Å². The van der Waals surface area contributed by atoms with Crippen LogP contribution in [0.4, 0.5) is 4.39 Å². The summed E-state index contributed by atoms with van der Waals surface area (Å²) in [5.41, 5.74) is 2.44. The summed E-state index contributed by atoms with van der Waals surface area (Å²) in [6.07, 6.45) is 5.65. The highest BCUT2D eigenvalue weighted by Gasteiger charge is 2.37. The van der Waals surface area contributed by atoms with Gasteiger partial charge in [-0.25, -0.2) is 9.07 Å². The lowest BCUT2D eigenvalue weighted by Crippen LogP contribution is -2.54. The van der Waals surface area contributed by atoms with Crippen molar-refractivity contribution in [2.24, 2.45) is 0 Å². The fourth-order valence-corrected chi connectivity index (χ4v) is 4.95. The average molecular weight is 520 g/mol. The first-order chi connectivity index (χ1) is 18.5. The van der Waals surface area contributed by atoms with Gasteiger partial charge in [0, 0.05) is 43.7 Å². The van der Waals surface area contributed by atoms with Crippen LogP contribution in [-0.4, -0.2) is 88.5 Å². The molecule has 2 aromatic carbocycles. The van der Waals surface area contributed by atoms with E-state index in [0.717, 1.165) is 43.7 Å². The maximum atomic E-state index is 13.4. The van der Waals surface area contributed by atoms with Gasteiger partial charge in [-0.3, -0.25) is 9.59 Å². The molecule has 2 aliphatic rings. The van der Waals surface area contributed by atoms with Gasteiger partial charge in [0.2, 0.25) is 5.91 Å². The van der Waals surface area contributed by atoms with E-state index in [0.29, 0.717) is 37.0 Å². The Balaban J connectivity index is 1.16. The van der Waals surface area contributed by atoms with Gasteiger partial charge in [0.25, 0.3) is 5.91 Å². The molecule has 0 radical (unpaired) electrons. The Bertz CT molecular complexity index is 1210. The van der Waals surface area contributed by atoms with Crippen LogP contribution in [0.2, 0.25) is 0 Å². The molecule has 5 rings (SSSR count). The monoisotopic (exact) mass is 519 g/mol. The highest BCUT2D eigenvalue weighted by molar-refractivity contribution is 5.97. The first kappa shape index (κ1) is 26.0. The number of benzene rings is 2. The van der Waals surface area contributed by atoms with E-state index in [-0.39, 0.29) is 17.6 Å². The maximum absolute atomic E-state index is 13.4. The second kappa shape index (κ2) is 11.8. The van der Waals surface area contributed by atoms with Gasteiger partial charge in [0.1, 0.15) is 11.9 Å². The van der Waals surface area contributed by atoms with E-state index in [1.807, 2.05) is 24.1 Å². The molecule has 0 unspecified atom stereocenters. The van der Waals surface area contributed by atoms with Crippen molar-refractivity contribution in [1.29, 1.82) is 0 Å². The van der Waals surface area contributed by atoms with E-state index < -0.39 is 6.04 Å². The standard InChI is InChI=1S/C28H34FN7O2/c1-34-15-17-35(18-16-34)28(38)25(3-2-12-30-26-19-24(26)20-4-8-22(29)9-5-20)32-27(37)21-6-10-23(11-7-21)36-14-13-31-33-36/h4-11,13-14,24-26,30H,2-3,12,15-19H2,1H3,(H,32,37)/t24-,25+,26-/m0/s1. The minimum Gasteiger partial charge on any atom is -0.340 e. The lowest BCUT2D eigenvalue weighted by molar-refractivity contribution is -0.135. The summed E-state index contributed by atoms with van der Waals surface area (Å²) < 4.78 is 14.8. The molecule has 2 amide bonds. The molecule has 2 N–H and O–H groups in total. The second-order valence-electron chi connectivity index (χ2n) is 10.1. The highest BCUT2D eigenvalue weighted by atomic mass is 19.1. The van der Waals surface area contributed by atoms with Crippen molar-refractivity contribution in [1.82, 2.24) is 35.4 Å². The lowest BCUT2D eigenvalue weighted by atomic mass is 10.1. The molecule has 1 saturated heterocycles. The van der Waals surface area contributed by atoms with Crippen LogP contribution in [0.25, 0.3) is 5.69 Å². The first-order valence-corrected chi connectivity index (χ1v) is 13.2. The van der Waals surface area contributed by atoms with Crippen LogP contribution in [0.3, 0.4) is 0 Å². The zero-order chi connectivity index (χ0) is 26.5. The molecular weight excluding hydrogens is 485 g/mol. The van der Waals surface area contributed by atoms with E-state index in [1.165, 1.54) is 12.1 Å². The first-order valence-electron chi connectivity index (χ1n) is 13.2. The third-order valence-corrected chi connectivity index (χ3v) is 7.40. The fraction of sp³-hybridized carbons (Fsp3) is 0.429. The van der Waals surface area contributed by atoms with Crippen molar-refractivity contribution >= 4 is 11.8 Å². The van der Waals surface area contributed by atoms with Gasteiger partial charge in [0.15, 0.2) is 0 Å². The van der Waals surface area contributed by atoms with Gasteiger partial charge < -0.3 is 20.4 Å². The topological polar surface area (TPSA) is 95.4 Å². The third-order valence-electron chi connectivity index (χ3n) is 7.40. The molecule has 2 heterocycles. The van der Waals surface area contributed by atoms with Gasteiger partial charge in [-0.05, 0) is 74.8 Å². The third kappa shape index (κ3) is 6.43. The zero-order valence-electron chi connectivity index (χ0n) is 21.6. The number of hydrogen-bond donors (Lipinski definition) is 2. The normalized spacial score (nSPS) is 20.2. The number of piperazine rings is 1. The van der Waals surface area contributed by atoms with Gasteiger partial charge in [0.05, 0.1) is 18.1 Å². The summed E-state index contributed by atoms with van der Waals surface area (Å²) in [7, 11) is 2.05. The Morgan fingerprint density at radius 3 is 2.47 bits per heavy atom. The van der Waals surface area contributed by atoms with Crippen molar-refractivity contribution in [3.8, 4) is 5.69 Å². The SMILES string of the molecule is CN1CCN(C(=O)[C@@H](CCCN[C@H]2C[C@H]2c2ccc(F)cc2)NC(=O)c2ccc(-n3ccnn3)cc2)CC1. The Morgan fingerprint density at radius 2 is 1.79 bits per heavy atom. The molecule has 2 fully saturated rings. The van der Waals surface area contributed by atoms with Crippen LogP contribution in [0, 0.1) is 5.82 Å². The predicted molar refractivity (Wildman–Crippen MR) is 141 cm³/mol. The Kier molecular flexibility index (Phi) is 8.09. The molecule has 0 spiro atoms. The molecule has 3 atom stereocenters. The molecule has 1 saturated carbocycles. The molecule has 200 valence electrons. The minimum absolute atomic E-state index is 0.0266. The number of amides is 2. The second-order valence-corrected chi connectivity index (χ2v) is 10.1. The van der Waals surface area contributed by atoms with Gasteiger partial charge in [-0.2, -0.15) is 0 Å². The molecule has 3 aromatic rings. The van der Waals surface area contributed by atoms with E-state index in [9.17, 15) is 14.0 Å². The predicted octanol–water partition coefficient (Wildman–Crippen LogP) is 2.20. The zero-order valence-corrected chi connectivity index (χ0v) is 21.6. The van der Waals surface area contributed by atoms with Crippen LogP contribution in [0.15, 0.2) is 60.9 Å². The summed E-state index contributed by atoms with van der Waals surface area (Å²) in [6, 6.07) is 13.5. The van der Waals surface area contributed by atoms with E-state index in [1.54, 1.807) is 41.3 Å². The Hall–Kier alpha value is -3.63. The van der Waals surface area contributed by atoms with E-state index >= 15 is 0 Å². The number of nitrogens with zero attached hydrogens (tertiary/aromatic N) is 5. The van der Waals surface area contributed by atoms with Crippen molar-refractivity contribution in [3.63, 3.8) is 0 Å². The smallest absolute Gasteiger partial charge is 0.251 e. The molecule has 10 heteroatoms. The average Bonchev–Trinajstić information content (AvgIpc) is 3.49. The van der Waals surface area contributed by atoms with Crippen LogP contribution in [0.5, 0.6) is 0 Å². The minimum atomic E-state index is -0.588. The lowest BCUT2D eigenvalue weighted by Gasteiger charge is -2.34. The number of halogens is 1. The largest absolute Gasteiger partial charge is 0.340 e. The van der Waals surface area contributed by atoms with Gasteiger partial charge in [-0.1, -0.05) is 17.3 Å². The summed E-state index contributed by atoms with van der Waals surface area (Å²) in [4.78, 5) is 30.6. The van der Waals surface area contributed by atoms with Crippen molar-refractivity contribution in [2.45, 2.75) is 37.3 Å². The number of nitrogens with one attached hydrogen (secondary N) is 2. The quantitative estimate of drug-likeness (QED) is 0.399. The molecule has 1 aromatic heterocycles. The summed E-state index contributed by atoms with van der Waals surface area (Å²) in [5, 5.41) is 14.3. The number of rotatable bonds is 10. The van der Waals surface area contributed by atoms with Crippen LogP contribution >= 0.6 is 0 Å². The number of hydrogen-bond acceptors (Lipinski definition) is 6. The Morgan fingerprint density at radius 1 is 1.05 bits per heavy atom. The molecule has 9 nitrogen and oxygen atoms in total. The van der Waals surface area contributed by atoms with Crippen LogP contribution in [0.1, 0.15) is 41.1 Å². The highest BCUT2D eigenvalue weighted by Crippen LogP contribution is 2.40. The number of aromatic nitrogens is 3. The van der Waals surface area contributed by atoms with Crippen LogP contribution in [-0.2, 0) is 4.79 Å². The Labute approximate surface area is 222 Å². The fourth-order valence-electron chi connectivity index (χ4n) is 4.95. The van der Waals surface area contributed by atoms with Crippen molar-refractivity contribution in [2.75, 3.05) is 39.8 Å². The van der Waals surface area contributed by atoms with Gasteiger partial charge >= 0.3 is 0 Å². The number of carbonyl (C=O) groups excluding carboxylic acids is 2. The molecule has 38 heavy (non-hydrogen) atoms. The molecule has 1 aliphatic carbocycles. The van der Waals surface area contributed by atoms with E-state index in [2.05, 4.69) is 25.8 Å². The molecule has 1 aliphatic heterocycles. The molecule has 0 bridgehead atoms. The number of likely N-dealkylation sites (N-methyl/N-ethyl adjacent to an activating group) is 1.